The molecule has 19 heavy (non-hydrogen) atoms. The zero-order valence-electron chi connectivity index (χ0n) is 11.3. The van der Waals surface area contributed by atoms with Crippen molar-refractivity contribution < 1.29 is 14.6 Å². The van der Waals surface area contributed by atoms with Crippen molar-refractivity contribution in [2.75, 3.05) is 33.3 Å². The summed E-state index contributed by atoms with van der Waals surface area (Å²) >= 11 is 0. The largest absolute Gasteiger partial charge is 0.507 e. The summed E-state index contributed by atoms with van der Waals surface area (Å²) in [6, 6.07) is 5.19. The Hall–Kier alpha value is -1.59. The number of rotatable bonds is 3. The standard InChI is InChI=1S/C14H20N2O3/c1-10-4-3-5-12(13(10)17)14(18)16(2)9-11-8-15-6-7-19-11/h3-5,11,15,17H,6-9H2,1-2H3. The van der Waals surface area contributed by atoms with Crippen LogP contribution in [0, 0.1) is 6.92 Å². The Balaban J connectivity index is 2.03. The third-order valence-electron chi connectivity index (χ3n) is 3.30. The monoisotopic (exact) mass is 264 g/mol. The van der Waals surface area contributed by atoms with E-state index in [1.807, 2.05) is 0 Å². The van der Waals surface area contributed by atoms with Crippen molar-refractivity contribution in [3.8, 4) is 5.75 Å². The Morgan fingerprint density at radius 3 is 3.05 bits per heavy atom. The van der Waals surface area contributed by atoms with Gasteiger partial charge in [-0.25, -0.2) is 0 Å². The molecule has 1 atom stereocenters. The van der Waals surface area contributed by atoms with E-state index >= 15 is 0 Å². The van der Waals surface area contributed by atoms with Crippen molar-refractivity contribution in [1.82, 2.24) is 10.2 Å². The predicted molar refractivity (Wildman–Crippen MR) is 72.4 cm³/mol. The van der Waals surface area contributed by atoms with Gasteiger partial charge < -0.3 is 20.1 Å². The minimum absolute atomic E-state index is 0.00894. The molecule has 0 bridgehead atoms. The van der Waals surface area contributed by atoms with Gasteiger partial charge in [0, 0.05) is 26.7 Å². The molecule has 0 radical (unpaired) electrons. The number of aryl methyl sites for hydroxylation is 1. The third-order valence-corrected chi connectivity index (χ3v) is 3.30. The van der Waals surface area contributed by atoms with E-state index in [0.717, 1.165) is 13.1 Å². The second kappa shape index (κ2) is 6.04. The van der Waals surface area contributed by atoms with Crippen LogP contribution in [-0.2, 0) is 4.74 Å². The summed E-state index contributed by atoms with van der Waals surface area (Å²) in [4.78, 5) is 13.9. The topological polar surface area (TPSA) is 61.8 Å². The number of aromatic hydroxyl groups is 1. The molecule has 1 fully saturated rings. The lowest BCUT2D eigenvalue weighted by Crippen LogP contribution is -2.45. The molecule has 1 amide bonds. The van der Waals surface area contributed by atoms with Gasteiger partial charge >= 0.3 is 0 Å². The lowest BCUT2D eigenvalue weighted by Gasteiger charge is -2.28. The molecule has 104 valence electrons. The number of carbonyl (C=O) groups excluding carboxylic acids is 1. The van der Waals surface area contributed by atoms with Gasteiger partial charge in [-0.1, -0.05) is 12.1 Å². The maximum atomic E-state index is 12.3. The number of morpholine rings is 1. The van der Waals surface area contributed by atoms with Crippen LogP contribution in [0.25, 0.3) is 0 Å². The first-order valence-electron chi connectivity index (χ1n) is 6.46. The Labute approximate surface area is 113 Å². The van der Waals surface area contributed by atoms with E-state index in [-0.39, 0.29) is 17.8 Å². The van der Waals surface area contributed by atoms with Crippen molar-refractivity contribution in [1.29, 1.82) is 0 Å². The molecule has 0 spiro atoms. The fraction of sp³-hybridized carbons (Fsp3) is 0.500. The molecule has 0 aliphatic carbocycles. The number of hydrogen-bond acceptors (Lipinski definition) is 4. The van der Waals surface area contributed by atoms with E-state index < -0.39 is 0 Å². The molecular weight excluding hydrogens is 244 g/mol. The summed E-state index contributed by atoms with van der Waals surface area (Å²) in [5, 5.41) is 13.2. The number of likely N-dealkylation sites (N-methyl/N-ethyl adjacent to an activating group) is 1. The van der Waals surface area contributed by atoms with Crippen molar-refractivity contribution in [2.45, 2.75) is 13.0 Å². The van der Waals surface area contributed by atoms with Crippen molar-refractivity contribution >= 4 is 5.91 Å². The van der Waals surface area contributed by atoms with Gasteiger partial charge in [-0.05, 0) is 18.6 Å². The Kier molecular flexibility index (Phi) is 4.39. The minimum Gasteiger partial charge on any atom is -0.507 e. The molecule has 1 heterocycles. The normalized spacial score (nSPS) is 19.2. The molecule has 2 rings (SSSR count). The lowest BCUT2D eigenvalue weighted by molar-refractivity contribution is 0.0103. The molecular formula is C14H20N2O3. The predicted octanol–water partition coefficient (Wildman–Crippen LogP) is 0.761. The fourth-order valence-corrected chi connectivity index (χ4v) is 2.16. The maximum absolute atomic E-state index is 12.3. The van der Waals surface area contributed by atoms with Gasteiger partial charge in [0.25, 0.3) is 5.91 Å². The highest BCUT2D eigenvalue weighted by molar-refractivity contribution is 5.97. The molecule has 5 heteroatoms. The van der Waals surface area contributed by atoms with Crippen LogP contribution in [-0.4, -0.2) is 55.3 Å². The molecule has 5 nitrogen and oxygen atoms in total. The number of phenols is 1. The van der Waals surface area contributed by atoms with E-state index in [0.29, 0.717) is 24.3 Å². The van der Waals surface area contributed by atoms with Crippen LogP contribution in [0.3, 0.4) is 0 Å². The van der Waals surface area contributed by atoms with Crippen LogP contribution in [0.5, 0.6) is 5.75 Å². The van der Waals surface area contributed by atoms with Gasteiger partial charge in [0.2, 0.25) is 0 Å². The number of hydrogen-bond donors (Lipinski definition) is 2. The van der Waals surface area contributed by atoms with Crippen LogP contribution in [0.15, 0.2) is 18.2 Å². The molecule has 2 N–H and O–H groups in total. The number of phenolic OH excluding ortho intramolecular Hbond substituents is 1. The van der Waals surface area contributed by atoms with Gasteiger partial charge in [0.15, 0.2) is 0 Å². The number of benzene rings is 1. The van der Waals surface area contributed by atoms with Crippen molar-refractivity contribution in [2.24, 2.45) is 0 Å². The summed E-state index contributed by atoms with van der Waals surface area (Å²) < 4.78 is 5.57. The zero-order chi connectivity index (χ0) is 13.8. The van der Waals surface area contributed by atoms with Gasteiger partial charge in [-0.2, -0.15) is 0 Å². The smallest absolute Gasteiger partial charge is 0.257 e. The maximum Gasteiger partial charge on any atom is 0.257 e. The first-order valence-corrected chi connectivity index (χ1v) is 6.46. The van der Waals surface area contributed by atoms with Crippen LogP contribution in [0.1, 0.15) is 15.9 Å². The molecule has 0 aromatic heterocycles. The average Bonchev–Trinajstić information content (AvgIpc) is 2.42. The van der Waals surface area contributed by atoms with Gasteiger partial charge in [0.1, 0.15) is 5.75 Å². The summed E-state index contributed by atoms with van der Waals surface area (Å²) in [6.45, 7) is 4.56. The highest BCUT2D eigenvalue weighted by Gasteiger charge is 2.21. The highest BCUT2D eigenvalue weighted by Crippen LogP contribution is 2.22. The minimum atomic E-state index is -0.185. The van der Waals surface area contributed by atoms with Gasteiger partial charge in [0.05, 0.1) is 18.3 Å². The SMILES string of the molecule is Cc1cccc(C(=O)N(C)CC2CNCCO2)c1O. The number of para-hydroxylation sites is 1. The Bertz CT molecular complexity index is 456. The number of ether oxygens (including phenoxy) is 1. The Morgan fingerprint density at radius 1 is 1.58 bits per heavy atom. The zero-order valence-corrected chi connectivity index (χ0v) is 11.3. The molecule has 0 saturated carbocycles. The summed E-state index contributed by atoms with van der Waals surface area (Å²) in [6.07, 6.45) is 0.00894. The quantitative estimate of drug-likeness (QED) is 0.846. The van der Waals surface area contributed by atoms with E-state index in [4.69, 9.17) is 4.74 Å². The second-order valence-corrected chi connectivity index (χ2v) is 4.85. The number of amides is 1. The molecule has 1 aromatic rings. The first-order chi connectivity index (χ1) is 9.09. The molecule has 1 saturated heterocycles. The molecule has 1 aromatic carbocycles. The molecule has 1 aliphatic rings. The summed E-state index contributed by atoms with van der Waals surface area (Å²) in [5.41, 5.74) is 1.04. The fourth-order valence-electron chi connectivity index (χ4n) is 2.16. The number of nitrogens with one attached hydrogen (secondary N) is 1. The molecule has 1 aliphatic heterocycles. The average molecular weight is 264 g/mol. The van der Waals surface area contributed by atoms with Gasteiger partial charge in [-0.3, -0.25) is 4.79 Å². The van der Waals surface area contributed by atoms with Crippen LogP contribution < -0.4 is 5.32 Å². The summed E-state index contributed by atoms with van der Waals surface area (Å²) in [5.74, 6) is -0.127. The second-order valence-electron chi connectivity index (χ2n) is 4.85. The Morgan fingerprint density at radius 2 is 2.37 bits per heavy atom. The highest BCUT2D eigenvalue weighted by atomic mass is 16.5. The van der Waals surface area contributed by atoms with Crippen molar-refractivity contribution in [3.63, 3.8) is 0 Å². The van der Waals surface area contributed by atoms with Crippen molar-refractivity contribution in [3.05, 3.63) is 29.3 Å². The van der Waals surface area contributed by atoms with E-state index in [1.165, 1.54) is 0 Å². The van der Waals surface area contributed by atoms with E-state index in [2.05, 4.69) is 5.32 Å². The number of nitrogens with zero attached hydrogens (tertiary/aromatic N) is 1. The van der Waals surface area contributed by atoms with Crippen LogP contribution >= 0.6 is 0 Å². The third kappa shape index (κ3) is 3.24. The van der Waals surface area contributed by atoms with Crippen LogP contribution in [0.4, 0.5) is 0 Å². The van der Waals surface area contributed by atoms with Gasteiger partial charge in [-0.15, -0.1) is 0 Å². The van der Waals surface area contributed by atoms with E-state index in [9.17, 15) is 9.90 Å². The number of carbonyl (C=O) groups is 1. The molecule has 1 unspecified atom stereocenters. The first kappa shape index (κ1) is 13.8. The summed E-state index contributed by atoms with van der Waals surface area (Å²) in [7, 11) is 1.72. The van der Waals surface area contributed by atoms with E-state index in [1.54, 1.807) is 37.1 Å². The van der Waals surface area contributed by atoms with Crippen LogP contribution in [0.2, 0.25) is 0 Å². The lowest BCUT2D eigenvalue weighted by atomic mass is 10.1.